The number of halogens is 1. The van der Waals surface area contributed by atoms with Gasteiger partial charge in [-0.1, -0.05) is 11.6 Å². The van der Waals surface area contributed by atoms with Crippen molar-refractivity contribution in [3.8, 4) is 0 Å². The molecular formula is C14H22ClN3O2S. The van der Waals surface area contributed by atoms with E-state index in [9.17, 15) is 8.42 Å². The quantitative estimate of drug-likeness (QED) is 0.908. The molecule has 1 aromatic carbocycles. The van der Waals surface area contributed by atoms with Gasteiger partial charge < -0.3 is 5.73 Å². The van der Waals surface area contributed by atoms with Gasteiger partial charge in [-0.05, 0) is 37.6 Å². The summed E-state index contributed by atoms with van der Waals surface area (Å²) in [4.78, 5) is 2.55. The maximum Gasteiger partial charge on any atom is 0.243 e. The Morgan fingerprint density at radius 1 is 1.24 bits per heavy atom. The molecule has 1 aliphatic rings. The van der Waals surface area contributed by atoms with E-state index in [0.29, 0.717) is 29.7 Å². The number of piperazine rings is 1. The average Bonchev–Trinajstić information content (AvgIpc) is 2.47. The molecule has 7 heteroatoms. The minimum atomic E-state index is -3.47. The number of rotatable bonds is 4. The molecule has 118 valence electrons. The third kappa shape index (κ3) is 3.57. The van der Waals surface area contributed by atoms with Crippen LogP contribution in [0.1, 0.15) is 19.4 Å². The molecule has 1 saturated heterocycles. The molecule has 0 aromatic heterocycles. The summed E-state index contributed by atoms with van der Waals surface area (Å²) in [6.07, 6.45) is 0. The molecule has 0 spiro atoms. The van der Waals surface area contributed by atoms with E-state index in [2.05, 4.69) is 18.7 Å². The third-order valence-corrected chi connectivity index (χ3v) is 6.14. The molecule has 0 unspecified atom stereocenters. The zero-order chi connectivity index (χ0) is 15.6. The van der Waals surface area contributed by atoms with Crippen molar-refractivity contribution >= 4 is 21.6 Å². The lowest BCUT2D eigenvalue weighted by atomic mass is 10.2. The van der Waals surface area contributed by atoms with Crippen molar-refractivity contribution in [1.29, 1.82) is 0 Å². The number of hydrogen-bond acceptors (Lipinski definition) is 4. The average molecular weight is 332 g/mol. The van der Waals surface area contributed by atoms with E-state index in [1.54, 1.807) is 18.2 Å². The summed E-state index contributed by atoms with van der Waals surface area (Å²) in [5.74, 6) is 0. The van der Waals surface area contributed by atoms with Gasteiger partial charge in [0.2, 0.25) is 10.0 Å². The maximum atomic E-state index is 12.7. The van der Waals surface area contributed by atoms with Crippen LogP contribution in [0, 0.1) is 0 Å². The van der Waals surface area contributed by atoms with Gasteiger partial charge in [0.15, 0.2) is 0 Å². The highest BCUT2D eigenvalue weighted by Gasteiger charge is 2.29. The Balaban J connectivity index is 2.19. The third-order valence-electron chi connectivity index (χ3n) is 3.88. The second-order valence-electron chi connectivity index (χ2n) is 5.49. The van der Waals surface area contributed by atoms with Gasteiger partial charge in [0.05, 0.1) is 4.90 Å². The molecule has 2 N–H and O–H groups in total. The Hall–Kier alpha value is -0.660. The topological polar surface area (TPSA) is 66.6 Å². The van der Waals surface area contributed by atoms with Crippen LogP contribution in [0.25, 0.3) is 0 Å². The molecule has 1 fully saturated rings. The zero-order valence-electron chi connectivity index (χ0n) is 12.4. The molecule has 1 heterocycles. The summed E-state index contributed by atoms with van der Waals surface area (Å²) in [6, 6.07) is 5.16. The molecule has 0 saturated carbocycles. The van der Waals surface area contributed by atoms with E-state index in [4.69, 9.17) is 17.3 Å². The Morgan fingerprint density at radius 3 is 2.38 bits per heavy atom. The van der Waals surface area contributed by atoms with Gasteiger partial charge in [-0.2, -0.15) is 4.31 Å². The van der Waals surface area contributed by atoms with Crippen LogP contribution in [0.4, 0.5) is 0 Å². The van der Waals surface area contributed by atoms with Gasteiger partial charge in [-0.25, -0.2) is 8.42 Å². The van der Waals surface area contributed by atoms with Crippen LogP contribution in [0.2, 0.25) is 5.02 Å². The minimum absolute atomic E-state index is 0.226. The first kappa shape index (κ1) is 16.7. The lowest BCUT2D eigenvalue weighted by molar-refractivity contribution is 0.154. The summed E-state index contributed by atoms with van der Waals surface area (Å²) in [6.45, 7) is 7.02. The molecule has 2 rings (SSSR count). The van der Waals surface area contributed by atoms with Crippen molar-refractivity contribution < 1.29 is 8.42 Å². The van der Waals surface area contributed by atoms with Crippen LogP contribution >= 0.6 is 11.6 Å². The first-order valence-corrected chi connectivity index (χ1v) is 8.90. The van der Waals surface area contributed by atoms with Gasteiger partial charge in [0.1, 0.15) is 0 Å². The monoisotopic (exact) mass is 331 g/mol. The van der Waals surface area contributed by atoms with E-state index >= 15 is 0 Å². The van der Waals surface area contributed by atoms with Crippen molar-refractivity contribution in [3.05, 3.63) is 28.8 Å². The first-order valence-electron chi connectivity index (χ1n) is 7.09. The summed E-state index contributed by atoms with van der Waals surface area (Å²) in [5, 5.41) is 0.501. The van der Waals surface area contributed by atoms with E-state index in [1.807, 2.05) is 0 Å². The Bertz CT molecular complexity index is 596. The zero-order valence-corrected chi connectivity index (χ0v) is 14.0. The second-order valence-corrected chi connectivity index (χ2v) is 7.84. The maximum absolute atomic E-state index is 12.7. The highest BCUT2D eigenvalue weighted by atomic mass is 35.5. The van der Waals surface area contributed by atoms with Crippen LogP contribution in [-0.2, 0) is 16.6 Å². The Labute approximate surface area is 131 Å². The number of hydrogen-bond donors (Lipinski definition) is 1. The largest absolute Gasteiger partial charge is 0.326 e. The fourth-order valence-electron chi connectivity index (χ4n) is 2.48. The molecule has 21 heavy (non-hydrogen) atoms. The number of benzene rings is 1. The molecule has 1 aliphatic heterocycles. The fourth-order valence-corrected chi connectivity index (χ4v) is 4.15. The molecule has 0 amide bonds. The molecule has 0 aliphatic carbocycles. The van der Waals surface area contributed by atoms with E-state index < -0.39 is 10.0 Å². The van der Waals surface area contributed by atoms with Crippen molar-refractivity contribution in [3.63, 3.8) is 0 Å². The van der Waals surface area contributed by atoms with Gasteiger partial charge in [0, 0.05) is 43.8 Å². The van der Waals surface area contributed by atoms with E-state index in [0.717, 1.165) is 13.1 Å². The smallest absolute Gasteiger partial charge is 0.243 e. The number of sulfonamides is 1. The summed E-state index contributed by atoms with van der Waals surface area (Å²) < 4.78 is 26.9. The summed E-state index contributed by atoms with van der Waals surface area (Å²) in [7, 11) is -3.47. The molecule has 0 bridgehead atoms. The van der Waals surface area contributed by atoms with Gasteiger partial charge in [-0.3, -0.25) is 4.90 Å². The highest BCUT2D eigenvalue weighted by Crippen LogP contribution is 2.23. The highest BCUT2D eigenvalue weighted by molar-refractivity contribution is 7.89. The Morgan fingerprint density at radius 2 is 1.86 bits per heavy atom. The number of nitrogens with zero attached hydrogens (tertiary/aromatic N) is 2. The Kier molecular flexibility index (Phi) is 5.27. The molecule has 5 nitrogen and oxygen atoms in total. The van der Waals surface area contributed by atoms with Crippen molar-refractivity contribution in [1.82, 2.24) is 9.21 Å². The predicted octanol–water partition coefficient (Wildman–Crippen LogP) is 1.51. The van der Waals surface area contributed by atoms with Crippen molar-refractivity contribution in [2.24, 2.45) is 5.73 Å². The van der Waals surface area contributed by atoms with Crippen LogP contribution < -0.4 is 5.73 Å². The summed E-state index contributed by atoms with van der Waals surface area (Å²) in [5.41, 5.74) is 6.24. The minimum Gasteiger partial charge on any atom is -0.326 e. The molecule has 0 radical (unpaired) electrons. The fraction of sp³-hybridized carbons (Fsp3) is 0.571. The SMILES string of the molecule is CC(C)N1CCN(S(=O)(=O)c2ccc(Cl)c(CN)c2)CC1. The number of nitrogens with two attached hydrogens (primary N) is 1. The lowest BCUT2D eigenvalue weighted by Gasteiger charge is -2.36. The van der Waals surface area contributed by atoms with E-state index in [1.165, 1.54) is 4.31 Å². The standard InChI is InChI=1S/C14H22ClN3O2S/c1-11(2)17-5-7-18(8-6-17)21(19,20)13-3-4-14(15)12(9-13)10-16/h3-4,9,11H,5-8,10,16H2,1-2H3. The van der Waals surface area contributed by atoms with Gasteiger partial charge in [-0.15, -0.1) is 0 Å². The molecule has 1 aromatic rings. The van der Waals surface area contributed by atoms with Crippen LogP contribution in [0.5, 0.6) is 0 Å². The normalized spacial score (nSPS) is 18.3. The van der Waals surface area contributed by atoms with Crippen LogP contribution in [0.15, 0.2) is 23.1 Å². The van der Waals surface area contributed by atoms with E-state index in [-0.39, 0.29) is 11.4 Å². The van der Waals surface area contributed by atoms with Crippen molar-refractivity contribution in [2.75, 3.05) is 26.2 Å². The van der Waals surface area contributed by atoms with Gasteiger partial charge >= 0.3 is 0 Å². The molecule has 0 atom stereocenters. The van der Waals surface area contributed by atoms with Crippen molar-refractivity contribution in [2.45, 2.75) is 31.3 Å². The van der Waals surface area contributed by atoms with Crippen LogP contribution in [-0.4, -0.2) is 49.8 Å². The lowest BCUT2D eigenvalue weighted by Crippen LogP contribution is -2.50. The first-order chi connectivity index (χ1) is 9.86. The second kappa shape index (κ2) is 6.62. The summed E-state index contributed by atoms with van der Waals surface area (Å²) >= 11 is 5.99. The predicted molar refractivity (Wildman–Crippen MR) is 84.8 cm³/mol. The van der Waals surface area contributed by atoms with Crippen LogP contribution in [0.3, 0.4) is 0 Å². The van der Waals surface area contributed by atoms with Gasteiger partial charge in [0.25, 0.3) is 0 Å². The molecular weight excluding hydrogens is 310 g/mol.